The van der Waals surface area contributed by atoms with Gasteiger partial charge in [-0.3, -0.25) is 0 Å². The molecule has 0 aliphatic heterocycles. The third-order valence-electron chi connectivity index (χ3n) is 24.0. The van der Waals surface area contributed by atoms with E-state index in [9.17, 15) is 0 Å². The molecule has 0 radical (unpaired) electrons. The predicted octanol–water partition coefficient (Wildman–Crippen LogP) is 32.2. The average Bonchev–Trinajstić information content (AvgIpc) is 1.44. The summed E-state index contributed by atoms with van der Waals surface area (Å²) in [5, 5.41) is 21.0. The number of benzene rings is 21. The third-order valence-corrected chi connectivity index (χ3v) is 24.0. The van der Waals surface area contributed by atoms with E-state index in [1.165, 1.54) is 59.4 Å². The SMILES string of the molecule is c1ccc(-c2cc(-c3ccc4ccccc4c3)ccc2N(c2cccc(-c3cc4ccccc4c4cc(-c5ccccc5-c5ccc(-c6cccc(N(c7ccc(-c8cc9ccccc9c9ccccc89)cc7)c7ccc8c(c7)oc7c9ccccc9ccc87)c6)cc5)ccc34)c2)c2ccc3c(c2)oc2c4ccccc4ccc32)cc1. The van der Waals surface area contributed by atoms with Gasteiger partial charge in [0.25, 0.3) is 0 Å². The Labute approximate surface area is 670 Å². The van der Waals surface area contributed by atoms with Crippen molar-refractivity contribution in [3.05, 3.63) is 425 Å². The lowest BCUT2D eigenvalue weighted by Gasteiger charge is -2.29. The van der Waals surface area contributed by atoms with Crippen molar-refractivity contribution in [2.45, 2.75) is 0 Å². The van der Waals surface area contributed by atoms with Crippen LogP contribution in [0.25, 0.3) is 197 Å². The molecular formula is C112H70N2O2. The van der Waals surface area contributed by atoms with E-state index in [4.69, 9.17) is 8.83 Å². The zero-order valence-electron chi connectivity index (χ0n) is 63.1. The molecule has 0 amide bonds. The van der Waals surface area contributed by atoms with Gasteiger partial charge < -0.3 is 18.6 Å². The van der Waals surface area contributed by atoms with Gasteiger partial charge in [-0.1, -0.05) is 303 Å². The Kier molecular flexibility index (Phi) is 15.6. The summed E-state index contributed by atoms with van der Waals surface area (Å²) in [6, 6.07) is 156. The topological polar surface area (TPSA) is 32.8 Å². The minimum atomic E-state index is 0.831. The first kappa shape index (κ1) is 66.4. The van der Waals surface area contributed by atoms with E-state index in [1.807, 2.05) is 0 Å². The highest BCUT2D eigenvalue weighted by atomic mass is 16.3. The van der Waals surface area contributed by atoms with E-state index in [-0.39, 0.29) is 0 Å². The highest BCUT2D eigenvalue weighted by molar-refractivity contribution is 6.19. The largest absolute Gasteiger partial charge is 0.455 e. The molecule has 0 unspecified atom stereocenters. The predicted molar refractivity (Wildman–Crippen MR) is 491 cm³/mol. The van der Waals surface area contributed by atoms with Gasteiger partial charge in [0.05, 0.1) is 5.69 Å². The summed E-state index contributed by atoms with van der Waals surface area (Å²) < 4.78 is 13.9. The maximum absolute atomic E-state index is 6.98. The number of hydrogen-bond acceptors (Lipinski definition) is 4. The van der Waals surface area contributed by atoms with Crippen LogP contribution < -0.4 is 9.80 Å². The first-order chi connectivity index (χ1) is 57.5. The molecule has 2 aromatic heterocycles. The Morgan fingerprint density at radius 1 is 0.147 bits per heavy atom. The highest BCUT2D eigenvalue weighted by Gasteiger charge is 2.25. The molecule has 4 nitrogen and oxygen atoms in total. The number of nitrogens with zero attached hydrogens (tertiary/aromatic N) is 2. The molecule has 0 aliphatic carbocycles. The molecule has 4 heteroatoms. The first-order valence-corrected chi connectivity index (χ1v) is 39.8. The van der Waals surface area contributed by atoms with E-state index < -0.39 is 0 Å². The molecule has 23 aromatic rings. The summed E-state index contributed by atoms with van der Waals surface area (Å²) in [6.45, 7) is 0. The lowest BCUT2D eigenvalue weighted by atomic mass is 9.89. The fourth-order valence-corrected chi connectivity index (χ4v) is 18.3. The van der Waals surface area contributed by atoms with Gasteiger partial charge in [-0.25, -0.2) is 0 Å². The van der Waals surface area contributed by atoms with Crippen LogP contribution in [-0.2, 0) is 0 Å². The Morgan fingerprint density at radius 3 is 1.21 bits per heavy atom. The van der Waals surface area contributed by atoms with E-state index >= 15 is 0 Å². The second kappa shape index (κ2) is 27.2. The van der Waals surface area contributed by atoms with E-state index in [1.54, 1.807) is 0 Å². The molecule has 0 saturated heterocycles. The Morgan fingerprint density at radius 2 is 0.534 bits per heavy atom. The quantitative estimate of drug-likeness (QED) is 0.108. The molecule has 21 aromatic carbocycles. The van der Waals surface area contributed by atoms with Crippen LogP contribution in [0.5, 0.6) is 0 Å². The summed E-state index contributed by atoms with van der Waals surface area (Å²) in [7, 11) is 0. The standard InChI is InChI=1S/C112H70N2O2/c1-2-21-73(22-3-1)106-65-81(80-45-42-71-20-4-5-25-78(71)62-80)51-61-108(106)114(90-55-60-101-103-58-49-75-24-7-13-37-96(75)112(103)116-110(101)70-90)88-31-19-29-82(64-88)105-67-84-27-9-11-35-94(84)107-68-85(50-56-99(105)107)92-33-15-14-32-91(92)76-43-40-72(41-44-76)79-28-18-30-87(63-79)113(89-54-59-100-102-57-48-74-23-6-12-36-95(74)111(102)115-109(100)69-89)86-52-46-77(47-53-86)104-66-83-26-8-10-34-93(83)97-38-16-17-39-98(97)104/h1-70H. The van der Waals surface area contributed by atoms with Crippen molar-refractivity contribution in [3.63, 3.8) is 0 Å². The van der Waals surface area contributed by atoms with E-state index in [0.29, 0.717) is 0 Å². The molecule has 540 valence electrons. The number of rotatable bonds is 13. The van der Waals surface area contributed by atoms with Crippen molar-refractivity contribution >= 4 is 153 Å². The molecule has 0 fully saturated rings. The maximum atomic E-state index is 6.98. The van der Waals surface area contributed by atoms with Crippen molar-refractivity contribution in [2.24, 2.45) is 0 Å². The van der Waals surface area contributed by atoms with Crippen LogP contribution in [0.2, 0.25) is 0 Å². The van der Waals surface area contributed by atoms with Gasteiger partial charge >= 0.3 is 0 Å². The molecular weight excluding hydrogens is 1410 g/mol. The van der Waals surface area contributed by atoms with E-state index in [0.717, 1.165) is 172 Å². The van der Waals surface area contributed by atoms with E-state index in [2.05, 4.69) is 434 Å². The fourth-order valence-electron chi connectivity index (χ4n) is 18.3. The normalized spacial score (nSPS) is 11.8. The molecule has 0 atom stereocenters. The van der Waals surface area contributed by atoms with Crippen molar-refractivity contribution in [1.82, 2.24) is 0 Å². The van der Waals surface area contributed by atoms with Crippen LogP contribution in [0.1, 0.15) is 0 Å². The second-order valence-electron chi connectivity index (χ2n) is 30.6. The minimum Gasteiger partial charge on any atom is -0.455 e. The van der Waals surface area contributed by atoms with Crippen molar-refractivity contribution in [3.8, 4) is 77.9 Å². The number of hydrogen-bond donors (Lipinski definition) is 0. The van der Waals surface area contributed by atoms with Gasteiger partial charge in [0.15, 0.2) is 0 Å². The smallest absolute Gasteiger partial charge is 0.143 e. The number of furan rings is 2. The lowest BCUT2D eigenvalue weighted by molar-refractivity contribution is 0.672. The van der Waals surface area contributed by atoms with Gasteiger partial charge in [0.2, 0.25) is 0 Å². The minimum absolute atomic E-state index is 0.831. The van der Waals surface area contributed by atoms with Crippen LogP contribution in [0.4, 0.5) is 34.1 Å². The Hall–Kier alpha value is -15.4. The van der Waals surface area contributed by atoms with Crippen LogP contribution in [0.15, 0.2) is 433 Å². The highest BCUT2D eigenvalue weighted by Crippen LogP contribution is 2.50. The molecule has 0 bridgehead atoms. The maximum Gasteiger partial charge on any atom is 0.143 e. The molecule has 2 heterocycles. The summed E-state index contributed by atoms with van der Waals surface area (Å²) in [6.07, 6.45) is 0. The molecule has 0 spiro atoms. The van der Waals surface area contributed by atoms with Crippen LogP contribution in [0.3, 0.4) is 0 Å². The lowest BCUT2D eigenvalue weighted by Crippen LogP contribution is -2.11. The summed E-state index contributed by atoms with van der Waals surface area (Å²) in [5.41, 5.74) is 25.6. The fraction of sp³-hybridized carbons (Fsp3) is 0. The molecule has 23 rings (SSSR count). The van der Waals surface area contributed by atoms with Crippen molar-refractivity contribution in [1.29, 1.82) is 0 Å². The molecule has 0 N–H and O–H groups in total. The Bertz CT molecular complexity index is 7910. The zero-order chi connectivity index (χ0) is 76.3. The first-order valence-electron chi connectivity index (χ1n) is 39.8. The summed E-state index contributed by atoms with van der Waals surface area (Å²) in [4.78, 5) is 4.79. The number of anilines is 6. The molecule has 0 saturated carbocycles. The summed E-state index contributed by atoms with van der Waals surface area (Å²) >= 11 is 0. The molecule has 0 aliphatic rings. The number of fused-ring (bicyclic) bond motifs is 17. The van der Waals surface area contributed by atoms with Crippen molar-refractivity contribution < 1.29 is 8.83 Å². The third kappa shape index (κ3) is 11.3. The summed E-state index contributed by atoms with van der Waals surface area (Å²) in [5.74, 6) is 0. The van der Waals surface area contributed by atoms with Gasteiger partial charge in [0, 0.05) is 78.5 Å². The van der Waals surface area contributed by atoms with Crippen LogP contribution in [-0.4, -0.2) is 0 Å². The zero-order valence-corrected chi connectivity index (χ0v) is 63.1. The van der Waals surface area contributed by atoms with Gasteiger partial charge in [0.1, 0.15) is 22.3 Å². The van der Waals surface area contributed by atoms with Gasteiger partial charge in [-0.2, -0.15) is 0 Å². The van der Waals surface area contributed by atoms with Gasteiger partial charge in [-0.15, -0.1) is 0 Å². The second-order valence-corrected chi connectivity index (χ2v) is 30.6. The average molecular weight is 1480 g/mol. The van der Waals surface area contributed by atoms with Gasteiger partial charge in [-0.05, 0) is 246 Å². The monoisotopic (exact) mass is 1470 g/mol. The molecule has 116 heavy (non-hydrogen) atoms. The van der Waals surface area contributed by atoms with Crippen molar-refractivity contribution in [2.75, 3.05) is 9.80 Å². The van der Waals surface area contributed by atoms with Crippen LogP contribution >= 0.6 is 0 Å². The van der Waals surface area contributed by atoms with Crippen LogP contribution in [0, 0.1) is 0 Å². The Balaban J connectivity index is 0.608.